The fourth-order valence-corrected chi connectivity index (χ4v) is 3.79. The van der Waals surface area contributed by atoms with Gasteiger partial charge in [0, 0.05) is 75.6 Å². The van der Waals surface area contributed by atoms with Gasteiger partial charge in [-0.1, -0.05) is 18.2 Å². The Balaban J connectivity index is 1.22. The number of aromatic amines is 1. The molecule has 4 rings (SSSR count). The van der Waals surface area contributed by atoms with Gasteiger partial charge in [0.1, 0.15) is 0 Å². The van der Waals surface area contributed by atoms with E-state index in [1.165, 1.54) is 5.69 Å². The van der Waals surface area contributed by atoms with Crippen molar-refractivity contribution in [1.82, 2.24) is 25.7 Å². The van der Waals surface area contributed by atoms with E-state index in [4.69, 9.17) is 0 Å². The van der Waals surface area contributed by atoms with Crippen LogP contribution in [0.2, 0.25) is 0 Å². The summed E-state index contributed by atoms with van der Waals surface area (Å²) in [5, 5.41) is 13.2. The Morgan fingerprint density at radius 2 is 1.89 bits per heavy atom. The Morgan fingerprint density at radius 1 is 1.11 bits per heavy atom. The van der Waals surface area contributed by atoms with Gasteiger partial charge in [-0.3, -0.25) is 14.7 Å². The summed E-state index contributed by atoms with van der Waals surface area (Å²) < 4.78 is 0. The molecule has 0 bridgehead atoms. The SMILES string of the molecule is O=C(NCCC(=O)N1CCN(c2ccccc2)CC1)c1n[nH]c2c1CNCC2. The van der Waals surface area contributed by atoms with Crippen LogP contribution in [0.1, 0.15) is 28.2 Å². The number of piperazine rings is 1. The lowest BCUT2D eigenvalue weighted by Crippen LogP contribution is -2.49. The van der Waals surface area contributed by atoms with Crippen LogP contribution in [-0.4, -0.2) is 66.2 Å². The van der Waals surface area contributed by atoms with Crippen molar-refractivity contribution in [2.24, 2.45) is 0 Å². The number of anilines is 1. The average Bonchev–Trinajstić information content (AvgIpc) is 3.19. The quantitative estimate of drug-likeness (QED) is 0.701. The van der Waals surface area contributed by atoms with E-state index in [9.17, 15) is 9.59 Å². The second-order valence-electron chi connectivity index (χ2n) is 7.17. The number of amides is 2. The summed E-state index contributed by atoms with van der Waals surface area (Å²) in [6.45, 7) is 4.94. The second-order valence-corrected chi connectivity index (χ2v) is 7.17. The molecule has 0 radical (unpaired) electrons. The lowest BCUT2D eigenvalue weighted by molar-refractivity contribution is -0.131. The first kappa shape index (κ1) is 18.5. The minimum Gasteiger partial charge on any atom is -0.368 e. The third-order valence-electron chi connectivity index (χ3n) is 5.40. The molecule has 0 aliphatic carbocycles. The van der Waals surface area contributed by atoms with Gasteiger partial charge in [-0.05, 0) is 12.1 Å². The highest BCUT2D eigenvalue weighted by molar-refractivity contribution is 5.94. The van der Waals surface area contributed by atoms with Crippen molar-refractivity contribution >= 4 is 17.5 Å². The molecule has 2 amide bonds. The van der Waals surface area contributed by atoms with Gasteiger partial charge in [-0.25, -0.2) is 0 Å². The predicted molar refractivity (Wildman–Crippen MR) is 106 cm³/mol. The molecular weight excluding hydrogens is 356 g/mol. The molecule has 0 saturated carbocycles. The molecule has 1 fully saturated rings. The minimum atomic E-state index is -0.220. The number of nitrogens with one attached hydrogen (secondary N) is 3. The molecule has 0 unspecified atom stereocenters. The van der Waals surface area contributed by atoms with Crippen molar-refractivity contribution < 1.29 is 9.59 Å². The van der Waals surface area contributed by atoms with Crippen LogP contribution >= 0.6 is 0 Å². The van der Waals surface area contributed by atoms with Gasteiger partial charge in [0.05, 0.1) is 0 Å². The summed E-state index contributed by atoms with van der Waals surface area (Å²) in [6, 6.07) is 10.3. The van der Waals surface area contributed by atoms with E-state index in [2.05, 4.69) is 37.9 Å². The number of hydrogen-bond acceptors (Lipinski definition) is 5. The van der Waals surface area contributed by atoms with Gasteiger partial charge in [-0.15, -0.1) is 0 Å². The van der Waals surface area contributed by atoms with Crippen LogP contribution in [0.4, 0.5) is 5.69 Å². The van der Waals surface area contributed by atoms with Crippen molar-refractivity contribution in [3.05, 3.63) is 47.3 Å². The van der Waals surface area contributed by atoms with E-state index < -0.39 is 0 Å². The standard InChI is InChI=1S/C20H26N6O2/c27-18(26-12-10-25(11-13-26)15-4-2-1-3-5-15)7-9-22-20(28)19-16-14-21-8-6-17(16)23-24-19/h1-5,21H,6-14H2,(H,22,28)(H,23,24). The molecule has 8 heteroatoms. The first-order valence-corrected chi connectivity index (χ1v) is 9.85. The van der Waals surface area contributed by atoms with Crippen LogP contribution in [0.15, 0.2) is 30.3 Å². The van der Waals surface area contributed by atoms with Crippen molar-refractivity contribution in [3.8, 4) is 0 Å². The third-order valence-corrected chi connectivity index (χ3v) is 5.40. The number of carbonyl (C=O) groups is 2. The number of H-pyrrole nitrogens is 1. The molecule has 3 N–H and O–H groups in total. The Morgan fingerprint density at radius 3 is 2.68 bits per heavy atom. The smallest absolute Gasteiger partial charge is 0.272 e. The first-order valence-electron chi connectivity index (χ1n) is 9.85. The summed E-state index contributed by atoms with van der Waals surface area (Å²) in [7, 11) is 0. The fourth-order valence-electron chi connectivity index (χ4n) is 3.79. The molecule has 28 heavy (non-hydrogen) atoms. The van der Waals surface area contributed by atoms with E-state index in [1.54, 1.807) is 0 Å². The maximum atomic E-state index is 12.5. The molecule has 148 valence electrons. The number of fused-ring (bicyclic) bond motifs is 1. The Bertz CT molecular complexity index is 826. The van der Waals surface area contributed by atoms with E-state index >= 15 is 0 Å². The molecule has 2 aliphatic rings. The van der Waals surface area contributed by atoms with E-state index in [0.29, 0.717) is 38.3 Å². The number of para-hydroxylation sites is 1. The molecule has 1 aromatic carbocycles. The summed E-state index contributed by atoms with van der Waals surface area (Å²) in [5.41, 5.74) is 3.59. The van der Waals surface area contributed by atoms with Gasteiger partial charge >= 0.3 is 0 Å². The summed E-state index contributed by atoms with van der Waals surface area (Å²) >= 11 is 0. The topological polar surface area (TPSA) is 93.4 Å². The van der Waals surface area contributed by atoms with Gasteiger partial charge in [0.25, 0.3) is 5.91 Å². The number of aromatic nitrogens is 2. The zero-order chi connectivity index (χ0) is 19.3. The zero-order valence-electron chi connectivity index (χ0n) is 15.9. The van der Waals surface area contributed by atoms with Crippen molar-refractivity contribution in [2.45, 2.75) is 19.4 Å². The van der Waals surface area contributed by atoms with Crippen molar-refractivity contribution in [3.63, 3.8) is 0 Å². The molecule has 3 heterocycles. The van der Waals surface area contributed by atoms with Gasteiger partial charge in [-0.2, -0.15) is 5.10 Å². The molecule has 0 spiro atoms. The van der Waals surface area contributed by atoms with Crippen LogP contribution < -0.4 is 15.5 Å². The molecular formula is C20H26N6O2. The number of benzene rings is 1. The van der Waals surface area contributed by atoms with E-state index in [0.717, 1.165) is 37.3 Å². The average molecular weight is 382 g/mol. The molecule has 1 aromatic heterocycles. The number of hydrogen-bond donors (Lipinski definition) is 3. The van der Waals surface area contributed by atoms with Crippen molar-refractivity contribution in [2.75, 3.05) is 44.2 Å². The normalized spacial score (nSPS) is 16.6. The molecule has 1 saturated heterocycles. The van der Waals surface area contributed by atoms with E-state index in [1.807, 2.05) is 23.1 Å². The van der Waals surface area contributed by atoms with Gasteiger partial charge in [0.2, 0.25) is 5.91 Å². The van der Waals surface area contributed by atoms with Gasteiger partial charge < -0.3 is 20.4 Å². The maximum absolute atomic E-state index is 12.5. The molecule has 0 atom stereocenters. The lowest BCUT2D eigenvalue weighted by atomic mass is 10.1. The summed E-state index contributed by atoms with van der Waals surface area (Å²) in [5.74, 6) is -0.137. The molecule has 8 nitrogen and oxygen atoms in total. The fraction of sp³-hybridized carbons (Fsp3) is 0.450. The summed E-state index contributed by atoms with van der Waals surface area (Å²) in [4.78, 5) is 29.0. The van der Waals surface area contributed by atoms with Crippen LogP contribution in [0.25, 0.3) is 0 Å². The highest BCUT2D eigenvalue weighted by Gasteiger charge is 2.23. The van der Waals surface area contributed by atoms with Gasteiger partial charge in [0.15, 0.2) is 5.69 Å². The summed E-state index contributed by atoms with van der Waals surface area (Å²) in [6.07, 6.45) is 1.16. The number of carbonyl (C=O) groups excluding carboxylic acids is 2. The van der Waals surface area contributed by atoms with Crippen LogP contribution in [0.5, 0.6) is 0 Å². The monoisotopic (exact) mass is 382 g/mol. The third kappa shape index (κ3) is 4.01. The van der Waals surface area contributed by atoms with Crippen LogP contribution in [0.3, 0.4) is 0 Å². The zero-order valence-corrected chi connectivity index (χ0v) is 15.9. The Labute approximate surface area is 164 Å². The second kappa shape index (κ2) is 8.43. The number of rotatable bonds is 5. The lowest BCUT2D eigenvalue weighted by Gasteiger charge is -2.36. The van der Waals surface area contributed by atoms with Crippen LogP contribution in [-0.2, 0) is 17.8 Å². The largest absolute Gasteiger partial charge is 0.368 e. The highest BCUT2D eigenvalue weighted by Crippen LogP contribution is 2.16. The predicted octanol–water partition coefficient (Wildman–Crippen LogP) is 0.524. The molecule has 2 aromatic rings. The van der Waals surface area contributed by atoms with Crippen LogP contribution in [0, 0.1) is 0 Å². The Kier molecular flexibility index (Phi) is 5.57. The van der Waals surface area contributed by atoms with E-state index in [-0.39, 0.29) is 11.8 Å². The van der Waals surface area contributed by atoms with Crippen molar-refractivity contribution in [1.29, 1.82) is 0 Å². The first-order chi connectivity index (χ1) is 13.7. The Hall–Kier alpha value is -2.87. The maximum Gasteiger partial charge on any atom is 0.272 e. The minimum absolute atomic E-state index is 0.0822. The number of nitrogens with zero attached hydrogens (tertiary/aromatic N) is 3. The highest BCUT2D eigenvalue weighted by atomic mass is 16.2. The molecule has 2 aliphatic heterocycles.